The molecular formula is C19H25N3. The van der Waals surface area contributed by atoms with Crippen molar-refractivity contribution in [2.45, 2.75) is 50.1 Å². The standard InChI is InChI=1S/C19H25N3/c1-3-8-19(20)10-14-12-6-5-7-16-18(12)13(15(4-2)22-16)9-17(14)21-11-19/h4-7,14,17,21-22H,2-3,8-11,20H2,1H3/t14?,17-,19+/m1/s1. The minimum absolute atomic E-state index is 0.0623. The zero-order valence-electron chi connectivity index (χ0n) is 13.3. The van der Waals surface area contributed by atoms with Crippen LogP contribution in [0, 0.1) is 0 Å². The number of nitrogens with two attached hydrogens (primary N) is 1. The van der Waals surface area contributed by atoms with Crippen LogP contribution in [0.2, 0.25) is 0 Å². The van der Waals surface area contributed by atoms with Gasteiger partial charge in [-0.25, -0.2) is 0 Å². The first-order chi connectivity index (χ1) is 10.6. The molecule has 0 amide bonds. The molecule has 1 fully saturated rings. The van der Waals surface area contributed by atoms with E-state index in [0.717, 1.165) is 32.2 Å². The van der Waals surface area contributed by atoms with Crippen LogP contribution in [0.4, 0.5) is 0 Å². The predicted molar refractivity (Wildman–Crippen MR) is 93.1 cm³/mol. The van der Waals surface area contributed by atoms with Gasteiger partial charge in [0.1, 0.15) is 0 Å². The number of aromatic nitrogens is 1. The van der Waals surface area contributed by atoms with E-state index >= 15 is 0 Å². The number of benzene rings is 1. The summed E-state index contributed by atoms with van der Waals surface area (Å²) in [5, 5.41) is 5.17. The molecule has 4 N–H and O–H groups in total. The minimum Gasteiger partial charge on any atom is -0.355 e. The second kappa shape index (κ2) is 4.97. The summed E-state index contributed by atoms with van der Waals surface area (Å²) in [5.74, 6) is 0.523. The van der Waals surface area contributed by atoms with Crippen molar-refractivity contribution in [1.82, 2.24) is 10.3 Å². The molecule has 0 bridgehead atoms. The Labute approximate surface area is 132 Å². The van der Waals surface area contributed by atoms with Gasteiger partial charge >= 0.3 is 0 Å². The highest BCUT2D eigenvalue weighted by Crippen LogP contribution is 2.44. The molecule has 0 radical (unpaired) electrons. The Morgan fingerprint density at radius 3 is 3.09 bits per heavy atom. The van der Waals surface area contributed by atoms with Crippen molar-refractivity contribution in [3.8, 4) is 0 Å². The summed E-state index contributed by atoms with van der Waals surface area (Å²) in [6, 6.07) is 7.14. The second-order valence-corrected chi connectivity index (χ2v) is 7.11. The number of aromatic amines is 1. The van der Waals surface area contributed by atoms with Gasteiger partial charge in [-0.15, -0.1) is 0 Å². The Hall–Kier alpha value is -1.58. The lowest BCUT2D eigenvalue weighted by atomic mass is 9.69. The molecule has 3 nitrogen and oxygen atoms in total. The maximum Gasteiger partial charge on any atom is 0.0464 e. The van der Waals surface area contributed by atoms with Crippen molar-refractivity contribution in [2.75, 3.05) is 6.54 Å². The number of piperidine rings is 1. The molecule has 22 heavy (non-hydrogen) atoms. The van der Waals surface area contributed by atoms with Gasteiger partial charge in [-0.3, -0.25) is 0 Å². The van der Waals surface area contributed by atoms with Crippen LogP contribution >= 0.6 is 0 Å². The molecule has 2 aromatic rings. The van der Waals surface area contributed by atoms with Crippen molar-refractivity contribution < 1.29 is 0 Å². The average molecular weight is 295 g/mol. The highest BCUT2D eigenvalue weighted by atomic mass is 15.0. The van der Waals surface area contributed by atoms with E-state index < -0.39 is 0 Å². The van der Waals surface area contributed by atoms with E-state index in [9.17, 15) is 0 Å². The van der Waals surface area contributed by atoms with E-state index in [2.05, 4.69) is 42.0 Å². The Bertz CT molecular complexity index is 730. The van der Waals surface area contributed by atoms with E-state index in [1.54, 1.807) is 0 Å². The summed E-state index contributed by atoms with van der Waals surface area (Å²) in [6.07, 6.45) is 6.36. The van der Waals surface area contributed by atoms with Crippen molar-refractivity contribution in [1.29, 1.82) is 0 Å². The third-order valence-corrected chi connectivity index (χ3v) is 5.60. The van der Waals surface area contributed by atoms with Crippen molar-refractivity contribution in [2.24, 2.45) is 5.73 Å². The van der Waals surface area contributed by atoms with Gasteiger partial charge in [0.05, 0.1) is 0 Å². The largest absolute Gasteiger partial charge is 0.355 e. The summed E-state index contributed by atoms with van der Waals surface area (Å²) in [6.45, 7) is 7.13. The van der Waals surface area contributed by atoms with E-state index in [0.29, 0.717) is 12.0 Å². The Balaban J connectivity index is 1.83. The molecule has 0 saturated carbocycles. The number of nitrogens with one attached hydrogen (secondary N) is 2. The molecule has 116 valence electrons. The van der Waals surface area contributed by atoms with Crippen molar-refractivity contribution in [3.63, 3.8) is 0 Å². The lowest BCUT2D eigenvalue weighted by Gasteiger charge is -2.45. The normalized spacial score (nSPS) is 30.3. The smallest absolute Gasteiger partial charge is 0.0464 e. The summed E-state index contributed by atoms with van der Waals surface area (Å²) in [5.41, 5.74) is 11.9. The molecule has 2 aliphatic rings. The molecule has 1 aromatic heterocycles. The lowest BCUT2D eigenvalue weighted by molar-refractivity contribution is 0.218. The fourth-order valence-corrected chi connectivity index (χ4v) is 4.64. The van der Waals surface area contributed by atoms with Gasteiger partial charge in [-0.05, 0) is 42.5 Å². The van der Waals surface area contributed by atoms with Gasteiger partial charge in [-0.1, -0.05) is 32.1 Å². The van der Waals surface area contributed by atoms with Crippen LogP contribution in [0.3, 0.4) is 0 Å². The van der Waals surface area contributed by atoms with Crippen LogP contribution in [0.1, 0.15) is 48.9 Å². The molecule has 1 saturated heterocycles. The second-order valence-electron chi connectivity index (χ2n) is 7.11. The number of rotatable bonds is 3. The quantitative estimate of drug-likeness (QED) is 0.813. The number of hydrogen-bond acceptors (Lipinski definition) is 2. The summed E-state index contributed by atoms with van der Waals surface area (Å²) in [7, 11) is 0. The van der Waals surface area contributed by atoms with Crippen LogP contribution < -0.4 is 11.1 Å². The van der Waals surface area contributed by atoms with Crippen LogP contribution in [-0.2, 0) is 6.42 Å². The molecule has 4 rings (SSSR count). The molecule has 1 aromatic carbocycles. The Kier molecular flexibility index (Phi) is 3.17. The number of hydrogen-bond donors (Lipinski definition) is 3. The summed E-state index contributed by atoms with van der Waals surface area (Å²) in [4.78, 5) is 3.52. The zero-order chi connectivity index (χ0) is 15.3. The van der Waals surface area contributed by atoms with Crippen molar-refractivity contribution in [3.05, 3.63) is 41.6 Å². The van der Waals surface area contributed by atoms with Gasteiger partial charge in [0, 0.05) is 40.6 Å². The molecular weight excluding hydrogens is 270 g/mol. The number of H-pyrrole nitrogens is 1. The van der Waals surface area contributed by atoms with Crippen LogP contribution in [0.25, 0.3) is 17.0 Å². The molecule has 3 atom stereocenters. The van der Waals surface area contributed by atoms with Crippen molar-refractivity contribution >= 4 is 17.0 Å². The van der Waals surface area contributed by atoms with Crippen LogP contribution in [0.5, 0.6) is 0 Å². The molecule has 1 aliphatic heterocycles. The highest BCUT2D eigenvalue weighted by Gasteiger charge is 2.41. The molecule has 0 spiro atoms. The van der Waals surface area contributed by atoms with E-state index in [1.807, 2.05) is 6.08 Å². The van der Waals surface area contributed by atoms with Gasteiger partial charge in [-0.2, -0.15) is 0 Å². The van der Waals surface area contributed by atoms with E-state index in [4.69, 9.17) is 5.73 Å². The SMILES string of the molecule is C=Cc1[nH]c2cccc3c2c1C[C@H]1NC[C@](N)(CCC)CC31. The van der Waals surface area contributed by atoms with Gasteiger partial charge < -0.3 is 16.0 Å². The first kappa shape index (κ1) is 14.0. The molecule has 2 heterocycles. The summed E-state index contributed by atoms with van der Waals surface area (Å²) < 4.78 is 0. The third-order valence-electron chi connectivity index (χ3n) is 5.60. The minimum atomic E-state index is -0.0623. The zero-order valence-corrected chi connectivity index (χ0v) is 13.3. The first-order valence-electron chi connectivity index (χ1n) is 8.43. The predicted octanol–water partition coefficient (Wildman–Crippen LogP) is 3.31. The monoisotopic (exact) mass is 295 g/mol. The molecule has 1 unspecified atom stereocenters. The molecule has 3 heteroatoms. The van der Waals surface area contributed by atoms with E-state index in [-0.39, 0.29) is 5.54 Å². The third kappa shape index (κ3) is 1.96. The fraction of sp³-hybridized carbons (Fsp3) is 0.474. The Morgan fingerprint density at radius 2 is 2.32 bits per heavy atom. The maximum atomic E-state index is 6.67. The topological polar surface area (TPSA) is 53.8 Å². The average Bonchev–Trinajstić information content (AvgIpc) is 2.88. The van der Waals surface area contributed by atoms with Gasteiger partial charge in [0.2, 0.25) is 0 Å². The molecule has 1 aliphatic carbocycles. The lowest BCUT2D eigenvalue weighted by Crippen LogP contribution is -2.59. The van der Waals surface area contributed by atoms with E-state index in [1.165, 1.54) is 27.7 Å². The number of fused-ring (bicyclic) bond motifs is 2. The highest BCUT2D eigenvalue weighted by molar-refractivity contribution is 5.91. The van der Waals surface area contributed by atoms with Gasteiger partial charge in [0.15, 0.2) is 0 Å². The van der Waals surface area contributed by atoms with Crippen LogP contribution in [-0.4, -0.2) is 23.1 Å². The van der Waals surface area contributed by atoms with Crippen LogP contribution in [0.15, 0.2) is 24.8 Å². The van der Waals surface area contributed by atoms with Gasteiger partial charge in [0.25, 0.3) is 0 Å². The first-order valence-corrected chi connectivity index (χ1v) is 8.43. The Morgan fingerprint density at radius 1 is 1.45 bits per heavy atom. The maximum absolute atomic E-state index is 6.67. The summed E-state index contributed by atoms with van der Waals surface area (Å²) >= 11 is 0. The fourth-order valence-electron chi connectivity index (χ4n) is 4.64.